The Morgan fingerprint density at radius 3 is 2.78 bits per heavy atom. The fourth-order valence-corrected chi connectivity index (χ4v) is 4.34. The normalized spacial score (nSPS) is 12.7. The zero-order chi connectivity index (χ0) is 13.8. The number of nitrogens with zero attached hydrogens (tertiary/aromatic N) is 1. The fourth-order valence-electron chi connectivity index (χ4n) is 1.79. The highest BCUT2D eigenvalue weighted by Gasteiger charge is 2.43. The lowest BCUT2D eigenvalue weighted by Gasteiger charge is -2.39. The van der Waals surface area contributed by atoms with Crippen molar-refractivity contribution in [2.24, 2.45) is 0 Å². The summed E-state index contributed by atoms with van der Waals surface area (Å²) in [5.41, 5.74) is 0.681. The number of aldehydes is 1. The molecule has 18 heavy (non-hydrogen) atoms. The van der Waals surface area contributed by atoms with Crippen LogP contribution in [0.2, 0.25) is 18.1 Å². The smallest absolute Gasteiger partial charge is 0.153 e. The number of hydrogen-bond donors (Lipinski definition) is 1. The Bertz CT molecular complexity index is 405. The molecule has 102 valence electrons. The number of carbonyl (C=O) groups is 1. The third-order valence-corrected chi connectivity index (χ3v) is 9.30. The van der Waals surface area contributed by atoms with Gasteiger partial charge >= 0.3 is 0 Å². The molecule has 0 aromatic carbocycles. The van der Waals surface area contributed by atoms with E-state index in [4.69, 9.17) is 4.74 Å². The van der Waals surface area contributed by atoms with Crippen molar-refractivity contribution < 1.29 is 9.53 Å². The second kappa shape index (κ2) is 6.12. The van der Waals surface area contributed by atoms with Crippen LogP contribution in [0.3, 0.4) is 0 Å². The SMILES string of the molecule is CC(C)(COCCBr)[Si](C)(C)c1[nH]ncc1C=O. The zero-order valence-electron chi connectivity index (χ0n) is 11.4. The molecule has 0 aliphatic rings. The molecule has 0 amide bonds. The summed E-state index contributed by atoms with van der Waals surface area (Å²) in [6.07, 6.45) is 2.48. The first-order chi connectivity index (χ1) is 8.36. The van der Waals surface area contributed by atoms with Crippen LogP contribution in [0, 0.1) is 0 Å². The summed E-state index contributed by atoms with van der Waals surface area (Å²) in [7, 11) is -1.86. The van der Waals surface area contributed by atoms with Gasteiger partial charge in [0, 0.05) is 17.3 Å². The molecule has 6 heteroatoms. The topological polar surface area (TPSA) is 55.0 Å². The summed E-state index contributed by atoms with van der Waals surface area (Å²) in [6, 6.07) is 0. The van der Waals surface area contributed by atoms with E-state index in [1.165, 1.54) is 0 Å². The number of alkyl halides is 1. The number of rotatable bonds is 7. The van der Waals surface area contributed by atoms with Gasteiger partial charge in [-0.2, -0.15) is 5.10 Å². The average Bonchev–Trinajstić information content (AvgIpc) is 2.77. The summed E-state index contributed by atoms with van der Waals surface area (Å²) in [5, 5.41) is 8.88. The summed E-state index contributed by atoms with van der Waals surface area (Å²) in [5.74, 6) is 0. The van der Waals surface area contributed by atoms with Gasteiger partial charge in [0.1, 0.15) is 8.07 Å². The van der Waals surface area contributed by atoms with Crippen LogP contribution >= 0.6 is 15.9 Å². The molecular weight excluding hydrogens is 312 g/mol. The number of ether oxygens (including phenoxy) is 1. The lowest BCUT2D eigenvalue weighted by molar-refractivity contribution is 0.112. The quantitative estimate of drug-likeness (QED) is 0.361. The molecule has 1 heterocycles. The van der Waals surface area contributed by atoms with Crippen molar-refractivity contribution in [2.75, 3.05) is 18.5 Å². The van der Waals surface area contributed by atoms with E-state index in [1.807, 2.05) is 0 Å². The summed E-state index contributed by atoms with van der Waals surface area (Å²) >= 11 is 3.35. The van der Waals surface area contributed by atoms with Crippen LogP contribution in [0.15, 0.2) is 6.20 Å². The summed E-state index contributed by atoms with van der Waals surface area (Å²) in [4.78, 5) is 11.0. The highest BCUT2D eigenvalue weighted by Crippen LogP contribution is 2.36. The van der Waals surface area contributed by atoms with E-state index in [-0.39, 0.29) is 5.04 Å². The molecule has 0 radical (unpaired) electrons. The minimum Gasteiger partial charge on any atom is -0.380 e. The van der Waals surface area contributed by atoms with Crippen molar-refractivity contribution in [3.05, 3.63) is 11.8 Å². The van der Waals surface area contributed by atoms with Gasteiger partial charge in [0.2, 0.25) is 0 Å². The molecule has 0 spiro atoms. The molecule has 0 aliphatic heterocycles. The second-order valence-corrected chi connectivity index (χ2v) is 11.5. The predicted molar refractivity (Wildman–Crippen MR) is 79.7 cm³/mol. The van der Waals surface area contributed by atoms with Crippen LogP contribution in [0.5, 0.6) is 0 Å². The van der Waals surface area contributed by atoms with E-state index in [0.717, 1.165) is 16.9 Å². The number of hydrogen-bond acceptors (Lipinski definition) is 3. The van der Waals surface area contributed by atoms with Gasteiger partial charge in [-0.1, -0.05) is 42.9 Å². The van der Waals surface area contributed by atoms with Crippen LogP contribution in [0.25, 0.3) is 0 Å². The molecule has 0 atom stereocenters. The summed E-state index contributed by atoms with van der Waals surface area (Å²) < 4.78 is 5.67. The van der Waals surface area contributed by atoms with Crippen LogP contribution < -0.4 is 5.32 Å². The molecule has 0 saturated heterocycles. The Hall–Kier alpha value is -0.463. The van der Waals surface area contributed by atoms with E-state index in [9.17, 15) is 4.79 Å². The van der Waals surface area contributed by atoms with Gasteiger partial charge in [-0.25, -0.2) is 0 Å². The minimum atomic E-state index is -1.86. The maximum atomic E-state index is 11.0. The van der Waals surface area contributed by atoms with Gasteiger partial charge in [-0.05, 0) is 5.04 Å². The van der Waals surface area contributed by atoms with Crippen molar-refractivity contribution in [2.45, 2.75) is 32.0 Å². The van der Waals surface area contributed by atoms with Crippen LogP contribution in [-0.4, -0.2) is 43.1 Å². The molecule has 1 rings (SSSR count). The number of aromatic amines is 1. The Morgan fingerprint density at radius 1 is 1.56 bits per heavy atom. The van der Waals surface area contributed by atoms with Gasteiger partial charge in [-0.3, -0.25) is 9.89 Å². The van der Waals surface area contributed by atoms with Crippen LogP contribution in [-0.2, 0) is 4.74 Å². The highest BCUT2D eigenvalue weighted by atomic mass is 79.9. The first kappa shape index (κ1) is 15.6. The second-order valence-electron chi connectivity index (χ2n) is 5.57. The molecule has 0 aliphatic carbocycles. The average molecular weight is 333 g/mol. The van der Waals surface area contributed by atoms with E-state index in [1.54, 1.807) is 6.20 Å². The number of carbonyl (C=O) groups excluding carboxylic acids is 1. The van der Waals surface area contributed by atoms with Gasteiger partial charge < -0.3 is 4.74 Å². The van der Waals surface area contributed by atoms with Gasteiger partial charge in [0.25, 0.3) is 0 Å². The lowest BCUT2D eigenvalue weighted by atomic mass is 10.2. The van der Waals surface area contributed by atoms with E-state index < -0.39 is 8.07 Å². The zero-order valence-corrected chi connectivity index (χ0v) is 14.0. The predicted octanol–water partition coefficient (Wildman–Crippen LogP) is 2.33. The highest BCUT2D eigenvalue weighted by molar-refractivity contribution is 9.09. The third-order valence-electron chi connectivity index (χ3n) is 3.80. The van der Waals surface area contributed by atoms with E-state index in [0.29, 0.717) is 18.8 Å². The number of aromatic nitrogens is 2. The van der Waals surface area contributed by atoms with Gasteiger partial charge in [0.15, 0.2) is 6.29 Å². The fraction of sp³-hybridized carbons (Fsp3) is 0.667. The monoisotopic (exact) mass is 332 g/mol. The number of nitrogens with one attached hydrogen (secondary N) is 1. The Labute approximate surface area is 118 Å². The molecule has 0 fully saturated rings. The Kier molecular flexibility index (Phi) is 5.30. The van der Waals surface area contributed by atoms with E-state index >= 15 is 0 Å². The summed E-state index contributed by atoms with van der Waals surface area (Å²) in [6.45, 7) is 10.3. The van der Waals surface area contributed by atoms with Crippen molar-refractivity contribution in [1.82, 2.24) is 10.2 Å². The van der Waals surface area contributed by atoms with Gasteiger partial charge in [0.05, 0.1) is 18.4 Å². The van der Waals surface area contributed by atoms with Crippen molar-refractivity contribution >= 4 is 35.6 Å². The lowest BCUT2D eigenvalue weighted by Crippen LogP contribution is -2.54. The Balaban J connectivity index is 2.93. The Morgan fingerprint density at radius 2 is 2.22 bits per heavy atom. The van der Waals surface area contributed by atoms with Crippen LogP contribution in [0.4, 0.5) is 0 Å². The molecule has 0 bridgehead atoms. The van der Waals surface area contributed by atoms with Crippen LogP contribution in [0.1, 0.15) is 24.2 Å². The van der Waals surface area contributed by atoms with E-state index in [2.05, 4.69) is 53.1 Å². The molecule has 1 aromatic heterocycles. The molecule has 4 nitrogen and oxygen atoms in total. The molecule has 0 unspecified atom stereocenters. The third kappa shape index (κ3) is 3.10. The maximum absolute atomic E-state index is 11.0. The van der Waals surface area contributed by atoms with Crippen molar-refractivity contribution in [1.29, 1.82) is 0 Å². The molecular formula is C12H21BrN2O2Si. The first-order valence-corrected chi connectivity index (χ1v) is 10.1. The molecule has 0 saturated carbocycles. The van der Waals surface area contributed by atoms with Gasteiger partial charge in [-0.15, -0.1) is 0 Å². The molecule has 1 aromatic rings. The first-order valence-electron chi connectivity index (χ1n) is 5.99. The number of halogens is 1. The maximum Gasteiger partial charge on any atom is 0.153 e. The molecule has 1 N–H and O–H groups in total. The largest absolute Gasteiger partial charge is 0.380 e. The standard InChI is InChI=1S/C12H21BrN2O2Si/c1-12(2,9-17-6-5-13)18(3,4)11-10(8-16)7-14-15-11/h7-8H,5-6,9H2,1-4H3,(H,14,15). The van der Waals surface area contributed by atoms with Crippen molar-refractivity contribution in [3.8, 4) is 0 Å². The number of H-pyrrole nitrogens is 1. The minimum absolute atomic E-state index is 0.0272. The van der Waals surface area contributed by atoms with Crippen molar-refractivity contribution in [3.63, 3.8) is 0 Å².